The Morgan fingerprint density at radius 2 is 1.83 bits per heavy atom. The fraction of sp³-hybridized carbons (Fsp3) is 0.933. The average Bonchev–Trinajstić information content (AvgIpc) is 2.78. The van der Waals surface area contributed by atoms with Gasteiger partial charge in [-0.25, -0.2) is 0 Å². The Kier molecular flexibility index (Phi) is 4.66. The van der Waals surface area contributed by atoms with Crippen LogP contribution in [0, 0.1) is 5.41 Å². The topological polar surface area (TPSA) is 55.1 Å². The van der Waals surface area contributed by atoms with Crippen molar-refractivity contribution in [3.8, 4) is 0 Å². The van der Waals surface area contributed by atoms with E-state index in [0.29, 0.717) is 0 Å². The second-order valence-electron chi connectivity index (χ2n) is 6.22. The highest BCUT2D eigenvalue weighted by molar-refractivity contribution is 5.83. The van der Waals surface area contributed by atoms with Gasteiger partial charge in [0.25, 0.3) is 0 Å². The number of hydrogen-bond donors (Lipinski definition) is 2. The van der Waals surface area contributed by atoms with Crippen molar-refractivity contribution in [1.82, 2.24) is 5.32 Å². The van der Waals surface area contributed by atoms with Gasteiger partial charge in [0.15, 0.2) is 0 Å². The molecule has 0 radical (unpaired) electrons. The van der Waals surface area contributed by atoms with Crippen LogP contribution in [0.1, 0.15) is 71.1 Å². The van der Waals surface area contributed by atoms with E-state index in [1.54, 1.807) is 0 Å². The zero-order valence-corrected chi connectivity index (χ0v) is 11.7. The zero-order valence-electron chi connectivity index (χ0n) is 11.7. The Bertz CT molecular complexity index is 284. The lowest BCUT2D eigenvalue weighted by Crippen LogP contribution is -2.51. The number of amides is 1. The summed E-state index contributed by atoms with van der Waals surface area (Å²) in [6.07, 6.45) is 11.3. The van der Waals surface area contributed by atoms with Gasteiger partial charge in [-0.2, -0.15) is 0 Å². The lowest BCUT2D eigenvalue weighted by atomic mass is 9.82. The number of nitrogens with one attached hydrogen (secondary N) is 1. The third-order valence-corrected chi connectivity index (χ3v) is 5.11. The van der Waals surface area contributed by atoms with E-state index in [4.69, 9.17) is 5.73 Å². The van der Waals surface area contributed by atoms with Gasteiger partial charge in [0, 0.05) is 17.5 Å². The SMILES string of the molecule is CCC1(C(=O)NC2CCCCCC2N)CCCC1. The molecule has 0 heterocycles. The van der Waals surface area contributed by atoms with Gasteiger partial charge in [-0.3, -0.25) is 4.79 Å². The first-order valence-electron chi connectivity index (χ1n) is 7.74. The molecule has 18 heavy (non-hydrogen) atoms. The first-order valence-corrected chi connectivity index (χ1v) is 7.74. The molecule has 2 fully saturated rings. The number of carbonyl (C=O) groups excluding carboxylic acids is 1. The predicted molar refractivity (Wildman–Crippen MR) is 74.2 cm³/mol. The van der Waals surface area contributed by atoms with Crippen molar-refractivity contribution in [1.29, 1.82) is 0 Å². The summed E-state index contributed by atoms with van der Waals surface area (Å²) in [4.78, 5) is 12.6. The van der Waals surface area contributed by atoms with Gasteiger partial charge in [0.2, 0.25) is 5.91 Å². The quantitative estimate of drug-likeness (QED) is 0.759. The van der Waals surface area contributed by atoms with E-state index in [1.807, 2.05) is 0 Å². The summed E-state index contributed by atoms with van der Waals surface area (Å²) in [5.74, 6) is 0.282. The van der Waals surface area contributed by atoms with Crippen LogP contribution in [0.4, 0.5) is 0 Å². The minimum Gasteiger partial charge on any atom is -0.351 e. The summed E-state index contributed by atoms with van der Waals surface area (Å²) >= 11 is 0. The van der Waals surface area contributed by atoms with Crippen molar-refractivity contribution in [3.63, 3.8) is 0 Å². The summed E-state index contributed by atoms with van der Waals surface area (Å²) < 4.78 is 0. The third-order valence-electron chi connectivity index (χ3n) is 5.11. The Morgan fingerprint density at radius 3 is 2.50 bits per heavy atom. The molecule has 2 aliphatic rings. The van der Waals surface area contributed by atoms with Gasteiger partial charge >= 0.3 is 0 Å². The van der Waals surface area contributed by atoms with Crippen LogP contribution in [0.3, 0.4) is 0 Å². The smallest absolute Gasteiger partial charge is 0.226 e. The molecule has 0 aromatic rings. The lowest BCUT2D eigenvalue weighted by molar-refractivity contribution is -0.132. The van der Waals surface area contributed by atoms with Crippen molar-refractivity contribution in [2.45, 2.75) is 83.2 Å². The minimum absolute atomic E-state index is 0.0774. The second-order valence-corrected chi connectivity index (χ2v) is 6.22. The summed E-state index contributed by atoms with van der Waals surface area (Å²) in [5.41, 5.74) is 6.12. The molecule has 2 unspecified atom stereocenters. The van der Waals surface area contributed by atoms with E-state index in [1.165, 1.54) is 32.1 Å². The molecule has 2 aliphatic carbocycles. The maximum atomic E-state index is 12.6. The molecule has 0 aromatic heterocycles. The highest BCUT2D eigenvalue weighted by Crippen LogP contribution is 2.41. The van der Waals surface area contributed by atoms with E-state index in [-0.39, 0.29) is 23.4 Å². The van der Waals surface area contributed by atoms with Gasteiger partial charge in [0.1, 0.15) is 0 Å². The van der Waals surface area contributed by atoms with Crippen molar-refractivity contribution < 1.29 is 4.79 Å². The summed E-state index contributed by atoms with van der Waals surface area (Å²) in [7, 11) is 0. The summed E-state index contributed by atoms with van der Waals surface area (Å²) in [6.45, 7) is 2.15. The van der Waals surface area contributed by atoms with Gasteiger partial charge < -0.3 is 11.1 Å². The molecule has 3 N–H and O–H groups in total. The summed E-state index contributed by atoms with van der Waals surface area (Å²) in [6, 6.07) is 0.371. The lowest BCUT2D eigenvalue weighted by Gasteiger charge is -2.31. The van der Waals surface area contributed by atoms with E-state index in [0.717, 1.165) is 32.1 Å². The standard InChI is InChI=1S/C15H28N2O/c1-2-15(10-6-7-11-15)14(18)17-13-9-5-3-4-8-12(13)16/h12-13H,2-11,16H2,1H3,(H,17,18). The Balaban J connectivity index is 1.96. The van der Waals surface area contributed by atoms with Crippen LogP contribution in [0.2, 0.25) is 0 Å². The predicted octanol–water partition coefficient (Wildman–Crippen LogP) is 2.73. The van der Waals surface area contributed by atoms with Crippen LogP contribution in [0.5, 0.6) is 0 Å². The molecule has 0 bridgehead atoms. The number of carbonyl (C=O) groups is 1. The molecular formula is C15H28N2O. The maximum Gasteiger partial charge on any atom is 0.226 e. The molecule has 0 saturated heterocycles. The summed E-state index contributed by atoms with van der Waals surface area (Å²) in [5, 5.41) is 3.28. The molecule has 3 nitrogen and oxygen atoms in total. The van der Waals surface area contributed by atoms with Gasteiger partial charge in [-0.15, -0.1) is 0 Å². The molecule has 0 aromatic carbocycles. The van der Waals surface area contributed by atoms with E-state index in [9.17, 15) is 4.79 Å². The van der Waals surface area contributed by atoms with Gasteiger partial charge in [0.05, 0.1) is 0 Å². The van der Waals surface area contributed by atoms with E-state index in [2.05, 4.69) is 12.2 Å². The molecule has 2 atom stereocenters. The Hall–Kier alpha value is -0.570. The first kappa shape index (κ1) is 13.9. The first-order chi connectivity index (χ1) is 8.68. The molecule has 3 heteroatoms. The Morgan fingerprint density at radius 1 is 1.17 bits per heavy atom. The van der Waals surface area contributed by atoms with Gasteiger partial charge in [-0.05, 0) is 32.1 Å². The molecular weight excluding hydrogens is 224 g/mol. The average molecular weight is 252 g/mol. The number of rotatable bonds is 3. The number of hydrogen-bond acceptors (Lipinski definition) is 2. The van der Waals surface area contributed by atoms with Crippen molar-refractivity contribution >= 4 is 5.91 Å². The molecule has 104 valence electrons. The molecule has 2 rings (SSSR count). The van der Waals surface area contributed by atoms with Gasteiger partial charge in [-0.1, -0.05) is 39.0 Å². The monoisotopic (exact) mass is 252 g/mol. The fourth-order valence-corrected chi connectivity index (χ4v) is 3.63. The van der Waals surface area contributed by atoms with E-state index >= 15 is 0 Å². The number of nitrogens with two attached hydrogens (primary N) is 1. The van der Waals surface area contributed by atoms with Crippen LogP contribution in [0.25, 0.3) is 0 Å². The van der Waals surface area contributed by atoms with Crippen molar-refractivity contribution in [2.24, 2.45) is 11.1 Å². The van der Waals surface area contributed by atoms with Crippen LogP contribution >= 0.6 is 0 Å². The molecule has 0 aliphatic heterocycles. The second kappa shape index (κ2) is 6.05. The molecule has 2 saturated carbocycles. The normalized spacial score (nSPS) is 31.9. The Labute approximate surface area is 111 Å². The minimum atomic E-state index is -0.0774. The van der Waals surface area contributed by atoms with Crippen molar-refractivity contribution in [3.05, 3.63) is 0 Å². The highest BCUT2D eigenvalue weighted by atomic mass is 16.2. The molecule has 0 spiro atoms. The van der Waals surface area contributed by atoms with Crippen LogP contribution in [-0.2, 0) is 4.79 Å². The zero-order chi connectivity index (χ0) is 13.0. The third kappa shape index (κ3) is 2.87. The van der Waals surface area contributed by atoms with Crippen LogP contribution in [0.15, 0.2) is 0 Å². The van der Waals surface area contributed by atoms with Crippen molar-refractivity contribution in [2.75, 3.05) is 0 Å². The highest BCUT2D eigenvalue weighted by Gasteiger charge is 2.40. The van der Waals surface area contributed by atoms with Crippen LogP contribution < -0.4 is 11.1 Å². The molecule has 1 amide bonds. The van der Waals surface area contributed by atoms with E-state index < -0.39 is 0 Å². The maximum absolute atomic E-state index is 12.6. The van der Waals surface area contributed by atoms with Crippen LogP contribution in [-0.4, -0.2) is 18.0 Å². The largest absolute Gasteiger partial charge is 0.351 e. The fourth-order valence-electron chi connectivity index (χ4n) is 3.63.